The minimum Gasteiger partial charge on any atom is -0.307 e. The van der Waals surface area contributed by atoms with Crippen molar-refractivity contribution in [3.63, 3.8) is 0 Å². The minimum absolute atomic E-state index is 0.00863. The van der Waals surface area contributed by atoms with Gasteiger partial charge in [-0.1, -0.05) is 20.8 Å². The molecule has 0 amide bonds. The number of nitrogens with zero attached hydrogens (tertiary/aromatic N) is 3. The minimum atomic E-state index is 0.00863. The Hall–Kier alpha value is -1.00. The van der Waals surface area contributed by atoms with E-state index in [0.29, 0.717) is 0 Å². The van der Waals surface area contributed by atoms with Crippen LogP contribution in [0.3, 0.4) is 0 Å². The summed E-state index contributed by atoms with van der Waals surface area (Å²) >= 11 is 0. The zero-order valence-electron chi connectivity index (χ0n) is 13.0. The first-order valence-corrected chi connectivity index (χ1v) is 7.32. The topological polar surface area (TPSA) is 41.1 Å². The molecule has 0 radical (unpaired) electrons. The van der Waals surface area contributed by atoms with Crippen LogP contribution in [0.5, 0.6) is 0 Å². The van der Waals surface area contributed by atoms with Gasteiger partial charge >= 0.3 is 0 Å². The molecule has 0 saturated heterocycles. The van der Waals surface area contributed by atoms with Crippen molar-refractivity contribution < 1.29 is 0 Å². The molecule has 108 valence electrons. The highest BCUT2D eigenvalue weighted by Gasteiger charge is 2.35. The lowest BCUT2D eigenvalue weighted by Crippen LogP contribution is -2.53. The number of aromatic nitrogens is 2. The van der Waals surface area contributed by atoms with Crippen LogP contribution in [-0.2, 0) is 0 Å². The lowest BCUT2D eigenvalue weighted by atomic mass is 9.89. The van der Waals surface area contributed by atoms with Crippen molar-refractivity contribution in [2.24, 2.45) is 0 Å². The van der Waals surface area contributed by atoms with Gasteiger partial charge in [-0.3, -0.25) is 14.9 Å². The molecule has 0 fully saturated rings. The largest absolute Gasteiger partial charge is 0.307 e. The van der Waals surface area contributed by atoms with Crippen molar-refractivity contribution in [3.8, 4) is 0 Å². The molecular weight excluding hydrogens is 236 g/mol. The third-order valence-corrected chi connectivity index (χ3v) is 3.76. The van der Waals surface area contributed by atoms with Crippen LogP contribution >= 0.6 is 0 Å². The van der Waals surface area contributed by atoms with E-state index in [4.69, 9.17) is 0 Å². The van der Waals surface area contributed by atoms with Crippen molar-refractivity contribution in [1.29, 1.82) is 0 Å². The van der Waals surface area contributed by atoms with Gasteiger partial charge in [0, 0.05) is 17.9 Å². The molecule has 1 unspecified atom stereocenters. The van der Waals surface area contributed by atoms with E-state index in [9.17, 15) is 0 Å². The van der Waals surface area contributed by atoms with E-state index < -0.39 is 0 Å². The van der Waals surface area contributed by atoms with Gasteiger partial charge in [0.1, 0.15) is 0 Å². The van der Waals surface area contributed by atoms with Crippen LogP contribution in [0.2, 0.25) is 0 Å². The number of likely N-dealkylation sites (N-methyl/N-ethyl adjacent to an activating group) is 1. The van der Waals surface area contributed by atoms with Crippen molar-refractivity contribution in [1.82, 2.24) is 20.2 Å². The molecule has 0 aliphatic carbocycles. The molecule has 19 heavy (non-hydrogen) atoms. The van der Waals surface area contributed by atoms with E-state index in [0.717, 1.165) is 31.7 Å². The molecule has 1 atom stereocenters. The first kappa shape index (κ1) is 16.1. The second-order valence-corrected chi connectivity index (χ2v) is 5.34. The molecule has 1 rings (SSSR count). The Balaban J connectivity index is 3.02. The number of hydrogen-bond acceptors (Lipinski definition) is 4. The zero-order valence-corrected chi connectivity index (χ0v) is 13.0. The van der Waals surface area contributed by atoms with Gasteiger partial charge in [-0.15, -0.1) is 0 Å². The van der Waals surface area contributed by atoms with E-state index >= 15 is 0 Å². The van der Waals surface area contributed by atoms with Gasteiger partial charge in [0.25, 0.3) is 0 Å². The first-order valence-electron chi connectivity index (χ1n) is 7.32. The highest BCUT2D eigenvalue weighted by Crippen LogP contribution is 2.29. The van der Waals surface area contributed by atoms with E-state index in [-0.39, 0.29) is 11.6 Å². The second-order valence-electron chi connectivity index (χ2n) is 5.34. The molecular formula is C15H28N4. The molecule has 0 aliphatic heterocycles. The molecule has 0 spiro atoms. The SMILES string of the molecule is CCCNC(c1cnccn1)C(C)(C)N(CC)CC. The summed E-state index contributed by atoms with van der Waals surface area (Å²) in [5.41, 5.74) is 1.03. The Labute approximate surface area is 117 Å². The number of hydrogen-bond donors (Lipinski definition) is 1. The predicted molar refractivity (Wildman–Crippen MR) is 80.1 cm³/mol. The fourth-order valence-electron chi connectivity index (χ4n) is 2.69. The number of nitrogens with one attached hydrogen (secondary N) is 1. The molecule has 4 heteroatoms. The standard InChI is InChI=1S/C15H28N4/c1-6-9-18-14(13-12-16-10-11-17-13)15(4,5)19(7-2)8-3/h10-12,14,18H,6-9H2,1-5H3. The summed E-state index contributed by atoms with van der Waals surface area (Å²) in [5.74, 6) is 0. The van der Waals surface area contributed by atoms with Gasteiger partial charge in [-0.2, -0.15) is 0 Å². The van der Waals surface area contributed by atoms with Crippen LogP contribution in [0.1, 0.15) is 52.8 Å². The van der Waals surface area contributed by atoms with E-state index in [1.165, 1.54) is 0 Å². The quantitative estimate of drug-likeness (QED) is 0.783. The Morgan fingerprint density at radius 3 is 2.37 bits per heavy atom. The van der Waals surface area contributed by atoms with Crippen molar-refractivity contribution in [2.45, 2.75) is 52.6 Å². The summed E-state index contributed by atoms with van der Waals surface area (Å²) in [7, 11) is 0. The third kappa shape index (κ3) is 3.98. The van der Waals surface area contributed by atoms with Gasteiger partial charge in [0.05, 0.1) is 17.9 Å². The monoisotopic (exact) mass is 264 g/mol. The zero-order chi connectivity index (χ0) is 14.3. The maximum atomic E-state index is 4.50. The highest BCUT2D eigenvalue weighted by atomic mass is 15.2. The molecule has 1 aromatic heterocycles. The van der Waals surface area contributed by atoms with E-state index in [2.05, 4.69) is 54.8 Å². The molecule has 1 aromatic rings. The van der Waals surface area contributed by atoms with Crippen LogP contribution in [0, 0.1) is 0 Å². The molecule has 0 saturated carbocycles. The normalized spacial score (nSPS) is 13.8. The van der Waals surface area contributed by atoms with Gasteiger partial charge in [-0.25, -0.2) is 0 Å². The molecule has 1 N–H and O–H groups in total. The molecule has 1 heterocycles. The van der Waals surface area contributed by atoms with E-state index in [1.54, 1.807) is 12.4 Å². The van der Waals surface area contributed by atoms with Crippen LogP contribution in [-0.4, -0.2) is 40.0 Å². The molecule has 0 aliphatic rings. The average molecular weight is 264 g/mol. The maximum absolute atomic E-state index is 4.50. The first-order chi connectivity index (χ1) is 9.07. The third-order valence-electron chi connectivity index (χ3n) is 3.76. The fraction of sp³-hybridized carbons (Fsp3) is 0.733. The van der Waals surface area contributed by atoms with Crippen molar-refractivity contribution >= 4 is 0 Å². The van der Waals surface area contributed by atoms with Gasteiger partial charge in [0.2, 0.25) is 0 Å². The predicted octanol–water partition coefficient (Wildman–Crippen LogP) is 2.64. The Kier molecular flexibility index (Phi) is 6.38. The Bertz CT molecular complexity index is 346. The lowest BCUT2D eigenvalue weighted by molar-refractivity contribution is 0.0893. The fourth-order valence-corrected chi connectivity index (χ4v) is 2.69. The molecule has 4 nitrogen and oxygen atoms in total. The van der Waals surface area contributed by atoms with Crippen LogP contribution < -0.4 is 5.32 Å². The van der Waals surface area contributed by atoms with Crippen LogP contribution in [0.25, 0.3) is 0 Å². The van der Waals surface area contributed by atoms with Crippen molar-refractivity contribution in [3.05, 3.63) is 24.3 Å². The van der Waals surface area contributed by atoms with Crippen LogP contribution in [0.4, 0.5) is 0 Å². The summed E-state index contributed by atoms with van der Waals surface area (Å²) in [4.78, 5) is 11.2. The summed E-state index contributed by atoms with van der Waals surface area (Å²) in [5, 5.41) is 3.63. The second kappa shape index (κ2) is 7.56. The van der Waals surface area contributed by atoms with Crippen LogP contribution in [0.15, 0.2) is 18.6 Å². The molecule has 0 aromatic carbocycles. The summed E-state index contributed by atoms with van der Waals surface area (Å²) in [6.45, 7) is 14.2. The van der Waals surface area contributed by atoms with E-state index in [1.807, 2.05) is 6.20 Å². The van der Waals surface area contributed by atoms with Gasteiger partial charge < -0.3 is 5.32 Å². The smallest absolute Gasteiger partial charge is 0.0774 e. The Morgan fingerprint density at radius 2 is 1.89 bits per heavy atom. The molecule has 0 bridgehead atoms. The van der Waals surface area contributed by atoms with Gasteiger partial charge in [-0.05, 0) is 39.9 Å². The summed E-state index contributed by atoms with van der Waals surface area (Å²) in [6, 6.07) is 0.195. The Morgan fingerprint density at radius 1 is 1.21 bits per heavy atom. The number of rotatable bonds is 8. The van der Waals surface area contributed by atoms with Gasteiger partial charge in [0.15, 0.2) is 0 Å². The summed E-state index contributed by atoms with van der Waals surface area (Å²) in [6.07, 6.45) is 6.49. The highest BCUT2D eigenvalue weighted by molar-refractivity contribution is 5.10. The average Bonchev–Trinajstić information content (AvgIpc) is 2.41. The summed E-state index contributed by atoms with van der Waals surface area (Å²) < 4.78 is 0. The lowest BCUT2D eigenvalue weighted by Gasteiger charge is -2.43. The maximum Gasteiger partial charge on any atom is 0.0774 e. The van der Waals surface area contributed by atoms with Crippen molar-refractivity contribution in [2.75, 3.05) is 19.6 Å².